The number of ether oxygens (including phenoxy) is 1. The Labute approximate surface area is 96.0 Å². The fourth-order valence-electron chi connectivity index (χ4n) is 2.03. The van der Waals surface area contributed by atoms with Gasteiger partial charge in [0.05, 0.1) is 6.61 Å². The van der Waals surface area contributed by atoms with E-state index in [0.29, 0.717) is 19.0 Å². The molecule has 2 N–H and O–H groups in total. The van der Waals surface area contributed by atoms with Crippen molar-refractivity contribution < 1.29 is 19.7 Å². The third-order valence-corrected chi connectivity index (χ3v) is 3.13. The molecule has 5 nitrogen and oxygen atoms in total. The third-order valence-electron chi connectivity index (χ3n) is 3.13. The monoisotopic (exact) mass is 231 g/mol. The zero-order chi connectivity index (χ0) is 12.0. The van der Waals surface area contributed by atoms with Gasteiger partial charge in [-0.25, -0.2) is 0 Å². The van der Waals surface area contributed by atoms with Gasteiger partial charge in [-0.2, -0.15) is 0 Å². The van der Waals surface area contributed by atoms with E-state index in [9.17, 15) is 4.79 Å². The van der Waals surface area contributed by atoms with Gasteiger partial charge in [0.15, 0.2) is 0 Å². The molecule has 1 rings (SSSR count). The number of nitrogens with zero attached hydrogens (tertiary/aromatic N) is 1. The van der Waals surface area contributed by atoms with Gasteiger partial charge in [-0.3, -0.25) is 9.69 Å². The number of aliphatic hydroxyl groups is 1. The van der Waals surface area contributed by atoms with Crippen LogP contribution in [0.3, 0.4) is 0 Å². The van der Waals surface area contributed by atoms with Gasteiger partial charge in [0.1, 0.15) is 6.04 Å². The first kappa shape index (κ1) is 13.4. The molecule has 94 valence electrons. The SMILES string of the molecule is COCC(C(=O)O)N(CCCO)C1CCC1. The molecule has 0 amide bonds. The number of hydrogen-bond acceptors (Lipinski definition) is 4. The van der Waals surface area contributed by atoms with E-state index in [-0.39, 0.29) is 13.2 Å². The standard InChI is InChI=1S/C11H21NO4/c1-16-8-10(11(14)15)12(6-3-7-13)9-4-2-5-9/h9-10,13H,2-8H2,1H3,(H,14,15). The Morgan fingerprint density at radius 1 is 1.56 bits per heavy atom. The molecule has 0 aromatic carbocycles. The minimum absolute atomic E-state index is 0.0997. The second kappa shape index (κ2) is 6.83. The van der Waals surface area contributed by atoms with E-state index < -0.39 is 12.0 Å². The van der Waals surface area contributed by atoms with E-state index in [0.717, 1.165) is 12.8 Å². The molecule has 0 aromatic heterocycles. The van der Waals surface area contributed by atoms with Crippen LogP contribution in [0.4, 0.5) is 0 Å². The maximum Gasteiger partial charge on any atom is 0.323 e. The highest BCUT2D eigenvalue weighted by Gasteiger charge is 2.33. The van der Waals surface area contributed by atoms with Crippen LogP contribution in [0.1, 0.15) is 25.7 Å². The lowest BCUT2D eigenvalue weighted by atomic mass is 9.90. The fraction of sp³-hybridized carbons (Fsp3) is 0.909. The van der Waals surface area contributed by atoms with Gasteiger partial charge in [-0.15, -0.1) is 0 Å². The van der Waals surface area contributed by atoms with E-state index in [2.05, 4.69) is 0 Å². The summed E-state index contributed by atoms with van der Waals surface area (Å²) in [5.74, 6) is -0.841. The number of carboxylic acids is 1. The lowest BCUT2D eigenvalue weighted by molar-refractivity contribution is -0.147. The van der Waals surface area contributed by atoms with Crippen LogP contribution in [0, 0.1) is 0 Å². The Hall–Kier alpha value is -0.650. The second-order valence-corrected chi connectivity index (χ2v) is 4.21. The molecule has 1 saturated carbocycles. The summed E-state index contributed by atoms with van der Waals surface area (Å²) >= 11 is 0. The summed E-state index contributed by atoms with van der Waals surface area (Å²) in [4.78, 5) is 13.1. The second-order valence-electron chi connectivity index (χ2n) is 4.21. The van der Waals surface area contributed by atoms with Gasteiger partial charge < -0.3 is 14.9 Å². The largest absolute Gasteiger partial charge is 0.480 e. The maximum atomic E-state index is 11.2. The fourth-order valence-corrected chi connectivity index (χ4v) is 2.03. The highest BCUT2D eigenvalue weighted by Crippen LogP contribution is 2.26. The summed E-state index contributed by atoms with van der Waals surface area (Å²) in [5.41, 5.74) is 0. The Morgan fingerprint density at radius 2 is 2.25 bits per heavy atom. The van der Waals surface area contributed by atoms with Crippen LogP contribution in [-0.2, 0) is 9.53 Å². The van der Waals surface area contributed by atoms with Crippen molar-refractivity contribution in [1.82, 2.24) is 4.90 Å². The first-order chi connectivity index (χ1) is 7.70. The molecule has 0 heterocycles. The molecular formula is C11H21NO4. The van der Waals surface area contributed by atoms with Gasteiger partial charge >= 0.3 is 5.97 Å². The van der Waals surface area contributed by atoms with Gasteiger partial charge in [-0.05, 0) is 19.3 Å². The van der Waals surface area contributed by atoms with Gasteiger partial charge in [0, 0.05) is 26.3 Å². The molecule has 0 radical (unpaired) electrons. The Balaban J connectivity index is 2.58. The van der Waals surface area contributed by atoms with E-state index >= 15 is 0 Å². The van der Waals surface area contributed by atoms with Crippen molar-refractivity contribution in [2.75, 3.05) is 26.9 Å². The van der Waals surface area contributed by atoms with Gasteiger partial charge in [-0.1, -0.05) is 6.42 Å². The smallest absolute Gasteiger partial charge is 0.323 e. The lowest BCUT2D eigenvalue weighted by Gasteiger charge is -2.40. The van der Waals surface area contributed by atoms with E-state index in [4.69, 9.17) is 14.9 Å². The Bertz CT molecular complexity index is 218. The Morgan fingerprint density at radius 3 is 2.62 bits per heavy atom. The van der Waals surface area contributed by atoms with Crippen LogP contribution in [0.25, 0.3) is 0 Å². The molecule has 16 heavy (non-hydrogen) atoms. The van der Waals surface area contributed by atoms with Crippen molar-refractivity contribution in [3.63, 3.8) is 0 Å². The number of hydrogen-bond donors (Lipinski definition) is 2. The molecule has 0 bridgehead atoms. The topological polar surface area (TPSA) is 70.0 Å². The third kappa shape index (κ3) is 3.43. The molecule has 1 fully saturated rings. The normalized spacial score (nSPS) is 18.4. The Kier molecular flexibility index (Phi) is 5.73. The average Bonchev–Trinajstić information content (AvgIpc) is 2.17. The minimum Gasteiger partial charge on any atom is -0.480 e. The summed E-state index contributed by atoms with van der Waals surface area (Å²) < 4.78 is 4.96. The summed E-state index contributed by atoms with van der Waals surface area (Å²) in [5, 5.41) is 18.0. The van der Waals surface area contributed by atoms with E-state index in [1.54, 1.807) is 0 Å². The van der Waals surface area contributed by atoms with Crippen molar-refractivity contribution in [3.8, 4) is 0 Å². The van der Waals surface area contributed by atoms with E-state index in [1.165, 1.54) is 13.5 Å². The molecular weight excluding hydrogens is 210 g/mol. The molecule has 0 spiro atoms. The molecule has 1 aliphatic carbocycles. The first-order valence-corrected chi connectivity index (χ1v) is 5.79. The summed E-state index contributed by atoms with van der Waals surface area (Å²) in [6.45, 7) is 0.932. The number of carboxylic acid groups (broad SMARTS) is 1. The quantitative estimate of drug-likeness (QED) is 0.629. The van der Waals surface area contributed by atoms with Gasteiger partial charge in [0.25, 0.3) is 0 Å². The molecule has 0 aromatic rings. The van der Waals surface area contributed by atoms with Crippen LogP contribution < -0.4 is 0 Å². The zero-order valence-electron chi connectivity index (χ0n) is 9.76. The number of aliphatic carboxylic acids is 1. The highest BCUT2D eigenvalue weighted by atomic mass is 16.5. The highest BCUT2D eigenvalue weighted by molar-refractivity contribution is 5.73. The van der Waals surface area contributed by atoms with Crippen LogP contribution in [0.2, 0.25) is 0 Å². The molecule has 0 saturated heterocycles. The number of carbonyl (C=O) groups is 1. The van der Waals surface area contributed by atoms with Crippen molar-refractivity contribution in [2.24, 2.45) is 0 Å². The summed E-state index contributed by atoms with van der Waals surface area (Å²) in [6, 6.07) is -0.232. The van der Waals surface area contributed by atoms with Crippen molar-refractivity contribution in [2.45, 2.75) is 37.8 Å². The van der Waals surface area contributed by atoms with Crippen molar-refractivity contribution >= 4 is 5.97 Å². The first-order valence-electron chi connectivity index (χ1n) is 5.79. The summed E-state index contributed by atoms with van der Waals surface area (Å²) in [7, 11) is 1.51. The zero-order valence-corrected chi connectivity index (χ0v) is 9.76. The number of aliphatic hydroxyl groups excluding tert-OH is 1. The molecule has 0 aliphatic heterocycles. The number of rotatable bonds is 8. The molecule has 1 unspecified atom stereocenters. The van der Waals surface area contributed by atoms with Crippen LogP contribution in [0.15, 0.2) is 0 Å². The van der Waals surface area contributed by atoms with Crippen molar-refractivity contribution in [3.05, 3.63) is 0 Å². The van der Waals surface area contributed by atoms with Gasteiger partial charge in [0.2, 0.25) is 0 Å². The maximum absolute atomic E-state index is 11.2. The van der Waals surface area contributed by atoms with Crippen LogP contribution in [-0.4, -0.2) is 60.0 Å². The molecule has 1 aliphatic rings. The van der Waals surface area contributed by atoms with Crippen molar-refractivity contribution in [1.29, 1.82) is 0 Å². The lowest BCUT2D eigenvalue weighted by Crippen LogP contribution is -2.52. The molecule has 1 atom stereocenters. The van der Waals surface area contributed by atoms with Crippen LogP contribution >= 0.6 is 0 Å². The predicted molar refractivity (Wildman–Crippen MR) is 59.3 cm³/mol. The average molecular weight is 231 g/mol. The minimum atomic E-state index is -0.841. The van der Waals surface area contributed by atoms with E-state index in [1.807, 2.05) is 4.90 Å². The summed E-state index contributed by atoms with van der Waals surface area (Å²) in [6.07, 6.45) is 3.89. The molecule has 5 heteroatoms. The predicted octanol–water partition coefficient (Wildman–Crippen LogP) is 0.323. The number of methoxy groups -OCH3 is 1. The van der Waals surface area contributed by atoms with Crippen LogP contribution in [0.5, 0.6) is 0 Å².